The highest BCUT2D eigenvalue weighted by molar-refractivity contribution is 7.22. The van der Waals surface area contributed by atoms with Crippen LogP contribution in [0, 0.1) is 6.92 Å². The summed E-state index contributed by atoms with van der Waals surface area (Å²) < 4.78 is 2.37. The number of carbonyl (C=O) groups is 1. The molecule has 0 saturated heterocycles. The second-order valence-corrected chi connectivity index (χ2v) is 7.40. The van der Waals surface area contributed by atoms with Crippen LogP contribution in [-0.2, 0) is 6.54 Å². The molecule has 0 aliphatic heterocycles. The van der Waals surface area contributed by atoms with Crippen molar-refractivity contribution in [3.8, 4) is 0 Å². The van der Waals surface area contributed by atoms with Gasteiger partial charge in [-0.25, -0.2) is 9.67 Å². The summed E-state index contributed by atoms with van der Waals surface area (Å²) in [6, 6.07) is 13.0. The molecule has 2 aromatic carbocycles. The van der Waals surface area contributed by atoms with E-state index >= 15 is 0 Å². The quantitative estimate of drug-likeness (QED) is 0.583. The molecule has 0 unspecified atom stereocenters. The summed E-state index contributed by atoms with van der Waals surface area (Å²) in [5.41, 5.74) is 2.03. The van der Waals surface area contributed by atoms with Crippen molar-refractivity contribution >= 4 is 43.4 Å². The molecule has 0 bridgehead atoms. The SMILES string of the molecule is CCCn1nc(C(=O)Nc2nc3ccc(C)cc3s2)c2ccccc2c1=O. The summed E-state index contributed by atoms with van der Waals surface area (Å²) in [7, 11) is 0. The summed E-state index contributed by atoms with van der Waals surface area (Å²) >= 11 is 1.42. The number of aryl methyl sites for hydroxylation is 2. The molecule has 136 valence electrons. The van der Waals surface area contributed by atoms with Gasteiger partial charge >= 0.3 is 0 Å². The first kappa shape index (κ1) is 17.4. The van der Waals surface area contributed by atoms with E-state index in [1.54, 1.807) is 24.3 Å². The fraction of sp³-hybridized carbons (Fsp3) is 0.200. The topological polar surface area (TPSA) is 76.9 Å². The van der Waals surface area contributed by atoms with Crippen molar-refractivity contribution in [3.05, 3.63) is 64.1 Å². The van der Waals surface area contributed by atoms with Crippen molar-refractivity contribution in [1.29, 1.82) is 0 Å². The first-order chi connectivity index (χ1) is 13.1. The molecule has 27 heavy (non-hydrogen) atoms. The van der Waals surface area contributed by atoms with Crippen molar-refractivity contribution in [2.45, 2.75) is 26.8 Å². The van der Waals surface area contributed by atoms with Crippen molar-refractivity contribution in [2.24, 2.45) is 0 Å². The third kappa shape index (κ3) is 3.21. The molecule has 0 radical (unpaired) electrons. The van der Waals surface area contributed by atoms with Gasteiger partial charge in [-0.3, -0.25) is 14.9 Å². The molecular formula is C20H18N4O2S. The summed E-state index contributed by atoms with van der Waals surface area (Å²) in [5.74, 6) is -0.369. The number of hydrogen-bond acceptors (Lipinski definition) is 5. The third-order valence-corrected chi connectivity index (χ3v) is 5.22. The van der Waals surface area contributed by atoms with Gasteiger partial charge in [0.05, 0.1) is 15.6 Å². The maximum absolute atomic E-state index is 12.9. The Bertz CT molecular complexity index is 1230. The van der Waals surface area contributed by atoms with Crippen LogP contribution in [0.2, 0.25) is 0 Å². The number of amides is 1. The highest BCUT2D eigenvalue weighted by atomic mass is 32.1. The minimum Gasteiger partial charge on any atom is -0.296 e. The highest BCUT2D eigenvalue weighted by Gasteiger charge is 2.18. The molecule has 6 nitrogen and oxygen atoms in total. The largest absolute Gasteiger partial charge is 0.296 e. The normalized spacial score (nSPS) is 11.2. The van der Waals surface area contributed by atoms with E-state index < -0.39 is 0 Å². The van der Waals surface area contributed by atoms with E-state index in [1.807, 2.05) is 32.0 Å². The average Bonchev–Trinajstić information content (AvgIpc) is 3.05. The van der Waals surface area contributed by atoms with Crippen molar-refractivity contribution < 1.29 is 4.79 Å². The van der Waals surface area contributed by atoms with Crippen LogP contribution < -0.4 is 10.9 Å². The summed E-state index contributed by atoms with van der Waals surface area (Å²) in [6.45, 7) is 4.45. The predicted octanol–water partition coefficient (Wildman–Crippen LogP) is 3.98. The average molecular weight is 378 g/mol. The fourth-order valence-corrected chi connectivity index (χ4v) is 3.97. The zero-order valence-electron chi connectivity index (χ0n) is 15.0. The molecule has 0 aliphatic rings. The highest BCUT2D eigenvalue weighted by Crippen LogP contribution is 2.27. The van der Waals surface area contributed by atoms with Crippen molar-refractivity contribution in [2.75, 3.05) is 5.32 Å². The summed E-state index contributed by atoms with van der Waals surface area (Å²) in [4.78, 5) is 29.9. The minimum atomic E-state index is -0.369. The van der Waals surface area contributed by atoms with Gasteiger partial charge in [-0.15, -0.1) is 0 Å². The number of hydrogen-bond donors (Lipinski definition) is 1. The van der Waals surface area contributed by atoms with Crippen LogP contribution in [0.4, 0.5) is 5.13 Å². The number of thiazole rings is 1. The number of aromatic nitrogens is 3. The van der Waals surface area contributed by atoms with Gasteiger partial charge in [0.15, 0.2) is 10.8 Å². The lowest BCUT2D eigenvalue weighted by Crippen LogP contribution is -2.27. The number of carbonyl (C=O) groups excluding carboxylic acids is 1. The van der Waals surface area contributed by atoms with Crippen molar-refractivity contribution in [3.63, 3.8) is 0 Å². The molecule has 7 heteroatoms. The lowest BCUT2D eigenvalue weighted by molar-refractivity contribution is 0.102. The van der Waals surface area contributed by atoms with Crippen LogP contribution in [-0.4, -0.2) is 20.7 Å². The molecule has 0 fully saturated rings. The van der Waals surface area contributed by atoms with E-state index in [0.717, 1.165) is 22.2 Å². The smallest absolute Gasteiger partial charge is 0.278 e. The maximum atomic E-state index is 12.9. The fourth-order valence-electron chi connectivity index (χ4n) is 3.01. The van der Waals surface area contributed by atoms with E-state index in [0.29, 0.717) is 22.4 Å². The molecule has 0 atom stereocenters. The van der Waals surface area contributed by atoms with Gasteiger partial charge in [0.2, 0.25) is 0 Å². The molecule has 0 aliphatic carbocycles. The Hall–Kier alpha value is -3.06. The molecule has 4 aromatic rings. The van der Waals surface area contributed by atoms with E-state index in [4.69, 9.17) is 0 Å². The molecule has 2 aromatic heterocycles. The van der Waals surface area contributed by atoms with Crippen LogP contribution in [0.25, 0.3) is 21.0 Å². The first-order valence-electron chi connectivity index (χ1n) is 8.75. The summed E-state index contributed by atoms with van der Waals surface area (Å²) in [5, 5.41) is 8.71. The molecule has 1 N–H and O–H groups in total. The third-order valence-electron chi connectivity index (χ3n) is 4.28. The second kappa shape index (κ2) is 6.92. The summed E-state index contributed by atoms with van der Waals surface area (Å²) in [6.07, 6.45) is 0.753. The van der Waals surface area contributed by atoms with Crippen LogP contribution in [0.5, 0.6) is 0 Å². The van der Waals surface area contributed by atoms with Gasteiger partial charge in [-0.2, -0.15) is 5.10 Å². The Morgan fingerprint density at radius 1 is 1.19 bits per heavy atom. The number of anilines is 1. The van der Waals surface area contributed by atoms with Crippen LogP contribution in [0.3, 0.4) is 0 Å². The Morgan fingerprint density at radius 3 is 2.74 bits per heavy atom. The predicted molar refractivity (Wildman–Crippen MR) is 109 cm³/mol. The van der Waals surface area contributed by atoms with Crippen molar-refractivity contribution in [1.82, 2.24) is 14.8 Å². The van der Waals surface area contributed by atoms with E-state index in [9.17, 15) is 9.59 Å². The van der Waals surface area contributed by atoms with Crippen LogP contribution in [0.1, 0.15) is 29.4 Å². The Labute approximate surface area is 159 Å². The van der Waals surface area contributed by atoms with Gasteiger partial charge in [0.1, 0.15) is 0 Å². The standard InChI is InChI=1S/C20H18N4O2S/c1-3-10-24-19(26)14-7-5-4-6-13(14)17(23-24)18(25)22-20-21-15-9-8-12(2)11-16(15)27-20/h4-9,11H,3,10H2,1-2H3,(H,21,22,25). The van der Waals surface area contributed by atoms with Gasteiger partial charge in [-0.1, -0.05) is 42.5 Å². The first-order valence-corrected chi connectivity index (χ1v) is 9.57. The molecule has 0 saturated carbocycles. The van der Waals surface area contributed by atoms with Gasteiger partial charge in [0.25, 0.3) is 11.5 Å². The number of nitrogens with one attached hydrogen (secondary N) is 1. The van der Waals surface area contributed by atoms with Gasteiger partial charge in [-0.05, 0) is 37.1 Å². The maximum Gasteiger partial charge on any atom is 0.278 e. The van der Waals surface area contributed by atoms with Crippen LogP contribution >= 0.6 is 11.3 Å². The molecular weight excluding hydrogens is 360 g/mol. The number of nitrogens with zero attached hydrogens (tertiary/aromatic N) is 3. The monoisotopic (exact) mass is 378 g/mol. The number of benzene rings is 2. The Balaban J connectivity index is 1.77. The van der Waals surface area contributed by atoms with E-state index in [-0.39, 0.29) is 17.2 Å². The lowest BCUT2D eigenvalue weighted by atomic mass is 10.1. The zero-order valence-corrected chi connectivity index (χ0v) is 15.8. The van der Waals surface area contributed by atoms with Crippen LogP contribution in [0.15, 0.2) is 47.3 Å². The molecule has 1 amide bonds. The van der Waals surface area contributed by atoms with E-state index in [2.05, 4.69) is 15.4 Å². The molecule has 2 heterocycles. The Kier molecular flexibility index (Phi) is 4.45. The van der Waals surface area contributed by atoms with Gasteiger partial charge < -0.3 is 0 Å². The number of fused-ring (bicyclic) bond motifs is 2. The molecule has 4 rings (SSSR count). The zero-order chi connectivity index (χ0) is 19.0. The second-order valence-electron chi connectivity index (χ2n) is 6.37. The lowest BCUT2D eigenvalue weighted by Gasteiger charge is -2.09. The number of rotatable bonds is 4. The Morgan fingerprint density at radius 2 is 1.96 bits per heavy atom. The van der Waals surface area contributed by atoms with E-state index in [1.165, 1.54) is 16.0 Å². The van der Waals surface area contributed by atoms with Gasteiger partial charge in [0, 0.05) is 11.9 Å². The minimum absolute atomic E-state index is 0.181. The molecule has 0 spiro atoms.